The predicted octanol–water partition coefficient (Wildman–Crippen LogP) is 3.07. The second-order valence-corrected chi connectivity index (χ2v) is 6.87. The van der Waals surface area contributed by atoms with Crippen LogP contribution < -0.4 is 5.32 Å². The van der Waals surface area contributed by atoms with Crippen LogP contribution in [0, 0.1) is 5.92 Å². The molecule has 5 nitrogen and oxygen atoms in total. The smallest absolute Gasteiger partial charge is 0.337 e. The quantitative estimate of drug-likeness (QED) is 0.843. The lowest BCUT2D eigenvalue weighted by atomic mass is 9.82. The molecule has 0 aromatic heterocycles. The molecule has 3 rings (SSSR count). The number of nitrogens with zero attached hydrogens (tertiary/aromatic N) is 1. The average Bonchev–Trinajstić information content (AvgIpc) is 2.58. The van der Waals surface area contributed by atoms with E-state index in [1.807, 2.05) is 23.1 Å². The van der Waals surface area contributed by atoms with Gasteiger partial charge in [-0.05, 0) is 49.8 Å². The van der Waals surface area contributed by atoms with Gasteiger partial charge >= 0.3 is 5.97 Å². The van der Waals surface area contributed by atoms with Crippen molar-refractivity contribution in [2.75, 3.05) is 25.5 Å². The molecule has 1 N–H and O–H groups in total. The van der Waals surface area contributed by atoms with E-state index in [0.29, 0.717) is 23.4 Å². The van der Waals surface area contributed by atoms with Gasteiger partial charge in [0.2, 0.25) is 5.91 Å². The zero-order valence-electron chi connectivity index (χ0n) is 14.3. The molecule has 1 amide bonds. The maximum Gasteiger partial charge on any atom is 0.337 e. The number of esters is 1. The molecule has 1 heterocycles. The van der Waals surface area contributed by atoms with E-state index in [1.54, 1.807) is 6.07 Å². The number of piperidine rings is 1. The third-order valence-corrected chi connectivity index (χ3v) is 5.19. The minimum atomic E-state index is -0.324. The van der Waals surface area contributed by atoms with Gasteiger partial charge in [-0.3, -0.25) is 4.79 Å². The second-order valence-electron chi connectivity index (χ2n) is 6.87. The van der Waals surface area contributed by atoms with Crippen molar-refractivity contribution in [3.05, 3.63) is 29.8 Å². The molecular weight excluding hydrogens is 304 g/mol. The highest BCUT2D eigenvalue weighted by Crippen LogP contribution is 2.30. The Morgan fingerprint density at radius 3 is 2.58 bits per heavy atom. The fraction of sp³-hybridized carbons (Fsp3) is 0.579. The summed E-state index contributed by atoms with van der Waals surface area (Å²) in [5.41, 5.74) is 1.48. The number of carbonyl (C=O) groups excluding carboxylic acids is 2. The van der Waals surface area contributed by atoms with Crippen molar-refractivity contribution in [1.29, 1.82) is 0 Å². The summed E-state index contributed by atoms with van der Waals surface area (Å²) in [6, 6.07) is 7.72. The van der Waals surface area contributed by atoms with Crippen LogP contribution in [-0.2, 0) is 9.53 Å². The lowest BCUT2D eigenvalue weighted by Crippen LogP contribution is -2.43. The molecule has 5 heteroatoms. The van der Waals surface area contributed by atoms with Crippen molar-refractivity contribution in [3.8, 4) is 0 Å². The minimum absolute atomic E-state index is 0.324. The molecule has 24 heavy (non-hydrogen) atoms. The van der Waals surface area contributed by atoms with Crippen molar-refractivity contribution < 1.29 is 14.3 Å². The van der Waals surface area contributed by atoms with Crippen molar-refractivity contribution >= 4 is 17.6 Å². The van der Waals surface area contributed by atoms with Gasteiger partial charge in [0, 0.05) is 31.2 Å². The lowest BCUT2D eigenvalue weighted by Gasteiger charge is -2.35. The van der Waals surface area contributed by atoms with Crippen LogP contribution in [0.15, 0.2) is 24.3 Å². The molecule has 1 aliphatic carbocycles. The van der Waals surface area contributed by atoms with Gasteiger partial charge < -0.3 is 15.0 Å². The Kier molecular flexibility index (Phi) is 5.38. The van der Waals surface area contributed by atoms with E-state index in [1.165, 1.54) is 26.4 Å². The Morgan fingerprint density at radius 1 is 1.21 bits per heavy atom. The number of methoxy groups -OCH3 is 1. The van der Waals surface area contributed by atoms with E-state index in [0.717, 1.165) is 38.0 Å². The number of amides is 1. The van der Waals surface area contributed by atoms with Crippen LogP contribution in [-0.4, -0.2) is 43.0 Å². The van der Waals surface area contributed by atoms with Gasteiger partial charge in [-0.1, -0.05) is 12.5 Å². The molecule has 1 aromatic rings. The van der Waals surface area contributed by atoms with Crippen LogP contribution in [0.5, 0.6) is 0 Å². The maximum absolute atomic E-state index is 12.3. The second kappa shape index (κ2) is 7.69. The van der Waals surface area contributed by atoms with Crippen LogP contribution in [0.3, 0.4) is 0 Å². The van der Waals surface area contributed by atoms with Crippen molar-refractivity contribution in [1.82, 2.24) is 4.90 Å². The molecule has 0 bridgehead atoms. The van der Waals surface area contributed by atoms with E-state index in [4.69, 9.17) is 4.74 Å². The number of ether oxygens (including phenoxy) is 1. The van der Waals surface area contributed by atoms with E-state index in [9.17, 15) is 9.59 Å². The van der Waals surface area contributed by atoms with Gasteiger partial charge in [-0.15, -0.1) is 0 Å². The standard InChI is InChI=1S/C19H26N2O3/c1-24-19(23)15-6-3-7-17(13-15)20-16-8-10-21(11-9-16)18(22)12-14-4-2-5-14/h3,6-7,13-14,16,20H,2,4-5,8-12H2,1H3. The number of nitrogens with one attached hydrogen (secondary N) is 1. The van der Waals surface area contributed by atoms with Crippen LogP contribution in [0.25, 0.3) is 0 Å². The first-order valence-electron chi connectivity index (χ1n) is 8.88. The molecular formula is C19H26N2O3. The predicted molar refractivity (Wildman–Crippen MR) is 93.0 cm³/mol. The number of rotatable bonds is 5. The normalized spacial score (nSPS) is 18.8. The highest BCUT2D eigenvalue weighted by atomic mass is 16.5. The first kappa shape index (κ1) is 16.8. The Morgan fingerprint density at radius 2 is 1.96 bits per heavy atom. The van der Waals surface area contributed by atoms with Crippen LogP contribution in [0.4, 0.5) is 5.69 Å². The Balaban J connectivity index is 1.48. The Bertz CT molecular complexity index is 590. The van der Waals surface area contributed by atoms with Gasteiger partial charge in [0.15, 0.2) is 0 Å². The van der Waals surface area contributed by atoms with Crippen LogP contribution >= 0.6 is 0 Å². The molecule has 0 unspecified atom stereocenters. The van der Waals surface area contributed by atoms with Gasteiger partial charge in [-0.25, -0.2) is 4.79 Å². The summed E-state index contributed by atoms with van der Waals surface area (Å²) in [5.74, 6) is 0.635. The third kappa shape index (κ3) is 4.08. The first-order valence-corrected chi connectivity index (χ1v) is 8.88. The molecule has 2 aliphatic rings. The van der Waals surface area contributed by atoms with E-state index < -0.39 is 0 Å². The first-order chi connectivity index (χ1) is 11.7. The topological polar surface area (TPSA) is 58.6 Å². The largest absolute Gasteiger partial charge is 0.465 e. The minimum Gasteiger partial charge on any atom is -0.465 e. The number of hydrogen-bond donors (Lipinski definition) is 1. The fourth-order valence-corrected chi connectivity index (χ4v) is 3.44. The van der Waals surface area contributed by atoms with Gasteiger partial charge in [0.25, 0.3) is 0 Å². The van der Waals surface area contributed by atoms with E-state index >= 15 is 0 Å². The zero-order valence-corrected chi connectivity index (χ0v) is 14.3. The maximum atomic E-state index is 12.3. The molecule has 0 spiro atoms. The molecule has 1 aromatic carbocycles. The molecule has 1 saturated carbocycles. The highest BCUT2D eigenvalue weighted by Gasteiger charge is 2.27. The summed E-state index contributed by atoms with van der Waals surface area (Å²) < 4.78 is 4.76. The van der Waals surface area contributed by atoms with Gasteiger partial charge in [-0.2, -0.15) is 0 Å². The molecule has 0 atom stereocenters. The fourth-order valence-electron chi connectivity index (χ4n) is 3.44. The summed E-state index contributed by atoms with van der Waals surface area (Å²) in [6.07, 6.45) is 6.35. The molecule has 130 valence electrons. The number of benzene rings is 1. The Labute approximate surface area is 143 Å². The zero-order chi connectivity index (χ0) is 16.9. The third-order valence-electron chi connectivity index (χ3n) is 5.19. The number of anilines is 1. The SMILES string of the molecule is COC(=O)c1cccc(NC2CCN(C(=O)CC3CCC3)CC2)c1. The van der Waals surface area contributed by atoms with Crippen molar-refractivity contribution in [2.45, 2.75) is 44.6 Å². The monoisotopic (exact) mass is 330 g/mol. The molecule has 1 aliphatic heterocycles. The van der Waals surface area contributed by atoms with Crippen LogP contribution in [0.1, 0.15) is 48.9 Å². The van der Waals surface area contributed by atoms with Crippen LogP contribution in [0.2, 0.25) is 0 Å². The highest BCUT2D eigenvalue weighted by molar-refractivity contribution is 5.90. The number of hydrogen-bond acceptors (Lipinski definition) is 4. The summed E-state index contributed by atoms with van der Waals surface area (Å²) in [6.45, 7) is 1.64. The van der Waals surface area contributed by atoms with E-state index in [-0.39, 0.29) is 5.97 Å². The van der Waals surface area contributed by atoms with Crippen molar-refractivity contribution in [2.24, 2.45) is 5.92 Å². The average molecular weight is 330 g/mol. The summed E-state index contributed by atoms with van der Waals surface area (Å²) >= 11 is 0. The Hall–Kier alpha value is -2.04. The summed E-state index contributed by atoms with van der Waals surface area (Å²) in [5, 5.41) is 3.48. The number of likely N-dealkylation sites (tertiary alicyclic amines) is 1. The lowest BCUT2D eigenvalue weighted by molar-refractivity contribution is -0.133. The molecule has 0 radical (unpaired) electrons. The summed E-state index contributed by atoms with van der Waals surface area (Å²) in [7, 11) is 1.39. The molecule has 2 fully saturated rings. The van der Waals surface area contributed by atoms with Crippen molar-refractivity contribution in [3.63, 3.8) is 0 Å². The van der Waals surface area contributed by atoms with Gasteiger partial charge in [0.1, 0.15) is 0 Å². The van der Waals surface area contributed by atoms with Gasteiger partial charge in [0.05, 0.1) is 12.7 Å². The molecule has 1 saturated heterocycles. The summed E-state index contributed by atoms with van der Waals surface area (Å²) in [4.78, 5) is 25.9. The van der Waals surface area contributed by atoms with E-state index in [2.05, 4.69) is 5.32 Å². The number of carbonyl (C=O) groups is 2.